The Kier molecular flexibility index (Phi) is 8.34. The van der Waals surface area contributed by atoms with Crippen LogP contribution in [0.25, 0.3) is 0 Å². The van der Waals surface area contributed by atoms with E-state index in [1.807, 2.05) is 3.28 Å². The van der Waals surface area contributed by atoms with Gasteiger partial charge in [0.1, 0.15) is 0 Å². The molecule has 0 aliphatic heterocycles. The van der Waals surface area contributed by atoms with Gasteiger partial charge in [0.05, 0.1) is 0 Å². The minimum Gasteiger partial charge on any atom is -0.147 e. The summed E-state index contributed by atoms with van der Waals surface area (Å²) in [6.07, 6.45) is 10.5. The van der Waals surface area contributed by atoms with E-state index in [-0.39, 0.29) is 24.8 Å². The second-order valence-electron chi connectivity index (χ2n) is 9.00. The fourth-order valence-electron chi connectivity index (χ4n) is 5.85. The van der Waals surface area contributed by atoms with Crippen LogP contribution in [0.15, 0.2) is 73.6 Å². The minimum absolute atomic E-state index is 0. The van der Waals surface area contributed by atoms with Crippen LogP contribution in [0.1, 0.15) is 58.9 Å². The van der Waals surface area contributed by atoms with E-state index in [4.69, 9.17) is 0 Å². The quantitative estimate of drug-likeness (QED) is 0.384. The fourth-order valence-corrected chi connectivity index (χ4v) is 18.8. The third kappa shape index (κ3) is 4.30. The molecular weight excluding hydrogens is 474 g/mol. The average molecular weight is 510 g/mol. The van der Waals surface area contributed by atoms with Crippen molar-refractivity contribution in [2.75, 3.05) is 0 Å². The van der Waals surface area contributed by atoms with Crippen LogP contribution in [-0.2, 0) is 19.8 Å². The van der Waals surface area contributed by atoms with E-state index in [0.717, 1.165) is 0 Å². The van der Waals surface area contributed by atoms with Gasteiger partial charge in [-0.1, -0.05) is 0 Å². The normalized spacial score (nSPS) is 25.4. The molecule has 0 heterocycles. The SMILES string of the molecule is CC1=C(C)C(C)[C]([Zr]([CH3])(=[CH]c2ccccc2)[CH]2C=CC3=C2CCCC3)=C1C.Cl.Cl. The average Bonchev–Trinajstić information content (AvgIpc) is 3.19. The molecule has 1 aromatic carbocycles. The van der Waals surface area contributed by atoms with Gasteiger partial charge in [-0.25, -0.2) is 0 Å². The summed E-state index contributed by atoms with van der Waals surface area (Å²) in [5.74, 6) is 0.618. The molecule has 29 heavy (non-hydrogen) atoms. The Bertz CT molecular complexity index is 944. The Balaban J connectivity index is 0.00000150. The summed E-state index contributed by atoms with van der Waals surface area (Å²) in [6, 6.07) is 11.2. The molecule has 0 amide bonds. The van der Waals surface area contributed by atoms with Gasteiger partial charge in [0.15, 0.2) is 0 Å². The molecular formula is C26H35Cl2Zr. The first-order chi connectivity index (χ1) is 12.9. The Labute approximate surface area is 194 Å². The molecule has 3 aliphatic rings. The zero-order valence-electron chi connectivity index (χ0n) is 18.4. The van der Waals surface area contributed by atoms with Gasteiger partial charge in [0, 0.05) is 0 Å². The van der Waals surface area contributed by atoms with E-state index in [0.29, 0.717) is 9.54 Å². The number of hydrogen-bond acceptors (Lipinski definition) is 0. The van der Waals surface area contributed by atoms with Gasteiger partial charge in [-0.3, -0.25) is 0 Å². The van der Waals surface area contributed by atoms with Gasteiger partial charge < -0.3 is 0 Å². The maximum Gasteiger partial charge on any atom is -0.147 e. The van der Waals surface area contributed by atoms with Crippen molar-refractivity contribution in [2.24, 2.45) is 5.92 Å². The summed E-state index contributed by atoms with van der Waals surface area (Å²) in [6.45, 7) is 9.58. The van der Waals surface area contributed by atoms with Crippen LogP contribution in [0.5, 0.6) is 0 Å². The Morgan fingerprint density at radius 3 is 2.21 bits per heavy atom. The van der Waals surface area contributed by atoms with E-state index in [9.17, 15) is 0 Å². The Morgan fingerprint density at radius 2 is 1.59 bits per heavy atom. The van der Waals surface area contributed by atoms with Crippen molar-refractivity contribution in [3.8, 4) is 0 Å². The van der Waals surface area contributed by atoms with Gasteiger partial charge >= 0.3 is 170 Å². The molecule has 0 saturated heterocycles. The van der Waals surface area contributed by atoms with Crippen molar-refractivity contribution < 1.29 is 19.8 Å². The predicted octanol–water partition coefficient (Wildman–Crippen LogP) is 8.37. The van der Waals surface area contributed by atoms with Gasteiger partial charge in [0.25, 0.3) is 0 Å². The van der Waals surface area contributed by atoms with E-state index in [2.05, 4.69) is 78.5 Å². The molecule has 3 unspecified atom stereocenters. The first-order valence-electron chi connectivity index (χ1n) is 10.6. The Morgan fingerprint density at radius 1 is 0.931 bits per heavy atom. The minimum atomic E-state index is -2.84. The fraction of sp³-hybridized carbons (Fsp3) is 0.423. The van der Waals surface area contributed by atoms with Gasteiger partial charge in [0.2, 0.25) is 0 Å². The summed E-state index contributed by atoms with van der Waals surface area (Å²) in [7, 11) is 0. The summed E-state index contributed by atoms with van der Waals surface area (Å²) in [4.78, 5) is 0. The molecule has 0 radical (unpaired) electrons. The number of benzene rings is 1. The number of hydrogen-bond donors (Lipinski definition) is 0. The summed E-state index contributed by atoms with van der Waals surface area (Å²) < 4.78 is 8.04. The second-order valence-corrected chi connectivity index (χ2v) is 18.9. The van der Waals surface area contributed by atoms with E-state index >= 15 is 0 Å². The molecule has 3 aliphatic carbocycles. The molecule has 0 bridgehead atoms. The van der Waals surface area contributed by atoms with Crippen molar-refractivity contribution in [3.63, 3.8) is 0 Å². The summed E-state index contributed by atoms with van der Waals surface area (Å²) in [5, 5.41) is 0. The molecule has 1 aromatic rings. The molecule has 0 spiro atoms. The van der Waals surface area contributed by atoms with Crippen molar-refractivity contribution in [3.05, 3.63) is 79.2 Å². The molecule has 4 rings (SSSR count). The van der Waals surface area contributed by atoms with Crippen molar-refractivity contribution in [1.29, 1.82) is 0 Å². The largest absolute Gasteiger partial charge is 0.147 e. The summed E-state index contributed by atoms with van der Waals surface area (Å²) in [5.41, 5.74) is 9.70. The van der Waals surface area contributed by atoms with Crippen LogP contribution >= 0.6 is 24.8 Å². The second kappa shape index (κ2) is 9.76. The van der Waals surface area contributed by atoms with Gasteiger partial charge in [-0.15, -0.1) is 24.8 Å². The number of allylic oxidation sites excluding steroid dienone is 8. The molecule has 0 saturated carbocycles. The van der Waals surface area contributed by atoms with Crippen molar-refractivity contribution >= 4 is 28.5 Å². The van der Waals surface area contributed by atoms with Crippen molar-refractivity contribution in [2.45, 2.75) is 61.6 Å². The van der Waals surface area contributed by atoms with E-state index in [1.165, 1.54) is 31.2 Å². The van der Waals surface area contributed by atoms with Gasteiger partial charge in [-0.2, -0.15) is 0 Å². The number of rotatable bonds is 3. The molecule has 0 N–H and O–H groups in total. The topological polar surface area (TPSA) is 0 Å². The maximum absolute atomic E-state index is 2.84. The monoisotopic (exact) mass is 507 g/mol. The third-order valence-corrected chi connectivity index (χ3v) is 19.2. The van der Waals surface area contributed by atoms with Crippen molar-refractivity contribution in [1.82, 2.24) is 0 Å². The first kappa shape index (κ1) is 24.8. The summed E-state index contributed by atoms with van der Waals surface area (Å²) >= 11 is -2.84. The van der Waals surface area contributed by atoms with Crippen LogP contribution < -0.4 is 0 Å². The smallest absolute Gasteiger partial charge is 0.147 e. The van der Waals surface area contributed by atoms with Gasteiger partial charge in [-0.05, 0) is 0 Å². The zero-order chi connectivity index (χ0) is 19.2. The third-order valence-electron chi connectivity index (χ3n) is 7.55. The van der Waals surface area contributed by atoms with E-state index < -0.39 is 19.8 Å². The molecule has 0 nitrogen and oxygen atoms in total. The predicted molar refractivity (Wildman–Crippen MR) is 131 cm³/mol. The van der Waals surface area contributed by atoms with Crippen LogP contribution in [0.4, 0.5) is 0 Å². The van der Waals surface area contributed by atoms with Crippen LogP contribution in [0, 0.1) is 5.92 Å². The molecule has 3 heteroatoms. The van der Waals surface area contributed by atoms with Crippen LogP contribution in [-0.4, -0.2) is 3.71 Å². The molecule has 0 aromatic heterocycles. The Hall–Kier alpha value is -0.487. The molecule has 157 valence electrons. The first-order valence-corrected chi connectivity index (χ1v) is 17.2. The molecule has 3 atom stereocenters. The molecule has 0 fully saturated rings. The maximum atomic E-state index is 2.77. The standard InChI is InChI=1S/C9H11.C9H13.C7H6.CH3.2ClH.Zr/c1-2-5-9-7-3-6-8(9)4-1;1-6-5-7(2)9(4)8(6)3;1-7-5-3-2-4-6-7;;;;/h3,6-7H,1-2,4-5H2;6H,1-4H3;1-6H;1H3;2*1H;. The number of halogens is 2. The van der Waals surface area contributed by atoms with Crippen LogP contribution in [0.3, 0.4) is 0 Å². The zero-order valence-corrected chi connectivity index (χ0v) is 22.5. The van der Waals surface area contributed by atoms with E-state index in [1.54, 1.807) is 27.9 Å². The van der Waals surface area contributed by atoms with Crippen LogP contribution in [0.2, 0.25) is 8.26 Å².